The molecule has 6 fully saturated rings. The molecule has 1 aromatic heterocycles. The van der Waals surface area contributed by atoms with E-state index in [0.29, 0.717) is 48.9 Å². The van der Waals surface area contributed by atoms with Crippen LogP contribution in [0, 0.1) is 46.8 Å². The van der Waals surface area contributed by atoms with E-state index in [1.165, 1.54) is 6.42 Å². The topological polar surface area (TPSA) is 97.2 Å². The number of para-hydroxylation sites is 1. The number of ketones is 1. The number of hydrogen-bond acceptors (Lipinski definition) is 7. The Balaban J connectivity index is 0.896. The normalized spacial score (nSPS) is 40.3. The van der Waals surface area contributed by atoms with Crippen molar-refractivity contribution in [3.63, 3.8) is 0 Å². The van der Waals surface area contributed by atoms with Crippen LogP contribution >= 0.6 is 0 Å². The Bertz CT molecular complexity index is 1710. The number of aromatic nitrogens is 1. The summed E-state index contributed by atoms with van der Waals surface area (Å²) in [5.41, 5.74) is 0.179. The Labute approximate surface area is 297 Å². The Kier molecular flexibility index (Phi) is 8.64. The predicted octanol–water partition coefficient (Wildman–Crippen LogP) is 5.29. The van der Waals surface area contributed by atoms with E-state index in [2.05, 4.69) is 29.7 Å². The molecule has 1 aromatic carbocycles. The van der Waals surface area contributed by atoms with Gasteiger partial charge in [0.1, 0.15) is 17.3 Å². The summed E-state index contributed by atoms with van der Waals surface area (Å²) in [7, 11) is 0. The lowest BCUT2D eigenvalue weighted by molar-refractivity contribution is -0.163. The Morgan fingerprint density at radius 1 is 0.960 bits per heavy atom. The van der Waals surface area contributed by atoms with Crippen molar-refractivity contribution in [3.05, 3.63) is 54.4 Å². The van der Waals surface area contributed by atoms with Crippen molar-refractivity contribution in [2.45, 2.75) is 102 Å². The maximum absolute atomic E-state index is 13.9. The SMILES string of the molecule is C#C[C@]1(O)CC[C@H]2[C@@H]3CC[C@H]4C[C@H](O)[C@@H](N5CCN(C(=O)[C@@H]6CCCN6/C=C/C(=O)c6ccc7ccccc7n6)CC5)C[C@]4(C)C3CC[C@@]21C. The highest BCUT2D eigenvalue weighted by Gasteiger charge is 2.65. The van der Waals surface area contributed by atoms with Gasteiger partial charge in [0.25, 0.3) is 0 Å². The van der Waals surface area contributed by atoms with Gasteiger partial charge in [-0.3, -0.25) is 14.5 Å². The number of allylic oxidation sites excluding steroid dienone is 1. The van der Waals surface area contributed by atoms with Crippen LogP contribution in [0.3, 0.4) is 0 Å². The van der Waals surface area contributed by atoms with E-state index < -0.39 is 5.60 Å². The van der Waals surface area contributed by atoms with Crippen molar-refractivity contribution in [1.82, 2.24) is 19.7 Å². The first-order valence-corrected chi connectivity index (χ1v) is 19.3. The molecule has 0 bridgehead atoms. The van der Waals surface area contributed by atoms with Crippen molar-refractivity contribution < 1.29 is 19.8 Å². The summed E-state index contributed by atoms with van der Waals surface area (Å²) in [6.45, 7) is 8.39. The molecule has 8 rings (SSSR count). The summed E-state index contributed by atoms with van der Waals surface area (Å²) in [6.07, 6.45) is 18.7. The summed E-state index contributed by atoms with van der Waals surface area (Å²) in [4.78, 5) is 37.9. The summed E-state index contributed by atoms with van der Waals surface area (Å²) in [6, 6.07) is 11.3. The summed E-state index contributed by atoms with van der Waals surface area (Å²) in [5.74, 6) is 4.99. The van der Waals surface area contributed by atoms with Crippen LogP contribution in [0.5, 0.6) is 0 Å². The fourth-order valence-corrected chi connectivity index (χ4v) is 12.1. The van der Waals surface area contributed by atoms with Crippen LogP contribution in [0.2, 0.25) is 0 Å². The highest BCUT2D eigenvalue weighted by atomic mass is 16.3. The lowest BCUT2D eigenvalue weighted by Crippen LogP contribution is -2.63. The smallest absolute Gasteiger partial charge is 0.245 e. The zero-order chi connectivity index (χ0) is 34.8. The first-order chi connectivity index (χ1) is 24.0. The maximum atomic E-state index is 13.9. The zero-order valence-corrected chi connectivity index (χ0v) is 29.8. The lowest BCUT2D eigenvalue weighted by Gasteiger charge is -2.63. The number of terminal acetylenes is 1. The largest absolute Gasteiger partial charge is 0.391 e. The number of aliphatic hydroxyl groups is 2. The predicted molar refractivity (Wildman–Crippen MR) is 194 cm³/mol. The minimum atomic E-state index is -0.985. The van der Waals surface area contributed by atoms with E-state index in [-0.39, 0.29) is 40.7 Å². The van der Waals surface area contributed by atoms with Crippen LogP contribution in [0.15, 0.2) is 48.7 Å². The van der Waals surface area contributed by atoms with Crippen molar-refractivity contribution in [2.75, 3.05) is 32.7 Å². The van der Waals surface area contributed by atoms with E-state index in [0.717, 1.165) is 81.9 Å². The molecule has 0 radical (unpaired) electrons. The molecule has 2 N–H and O–H groups in total. The van der Waals surface area contributed by atoms with Crippen molar-refractivity contribution in [3.8, 4) is 12.3 Å². The lowest BCUT2D eigenvalue weighted by atomic mass is 9.44. The number of benzene rings is 1. The molecule has 2 aliphatic heterocycles. The number of carbonyl (C=O) groups is 2. The molecule has 10 atom stereocenters. The minimum Gasteiger partial charge on any atom is -0.391 e. The van der Waals surface area contributed by atoms with Gasteiger partial charge in [-0.1, -0.05) is 44.0 Å². The van der Waals surface area contributed by atoms with Gasteiger partial charge in [0.15, 0.2) is 0 Å². The number of piperazine rings is 1. The molecule has 0 spiro atoms. The first-order valence-electron chi connectivity index (χ1n) is 19.3. The third-order valence-corrected chi connectivity index (χ3v) is 15.0. The number of amides is 1. The monoisotopic (exact) mass is 678 g/mol. The molecule has 4 saturated carbocycles. The van der Waals surface area contributed by atoms with Crippen LogP contribution in [0.25, 0.3) is 10.9 Å². The summed E-state index contributed by atoms with van der Waals surface area (Å²) < 4.78 is 0. The highest BCUT2D eigenvalue weighted by molar-refractivity contribution is 6.04. The van der Waals surface area contributed by atoms with Gasteiger partial charge in [0, 0.05) is 61.8 Å². The van der Waals surface area contributed by atoms with Gasteiger partial charge in [0.2, 0.25) is 11.7 Å². The fraction of sp³-hybridized carbons (Fsp3) is 0.643. The molecule has 4 aliphatic carbocycles. The zero-order valence-electron chi connectivity index (χ0n) is 29.8. The number of rotatable bonds is 5. The van der Waals surface area contributed by atoms with Crippen LogP contribution in [0.1, 0.15) is 88.5 Å². The maximum Gasteiger partial charge on any atom is 0.245 e. The molecule has 8 nitrogen and oxygen atoms in total. The number of likely N-dealkylation sites (tertiary alicyclic amines) is 1. The number of fused-ring (bicyclic) bond motifs is 6. The van der Waals surface area contributed by atoms with E-state index >= 15 is 0 Å². The summed E-state index contributed by atoms with van der Waals surface area (Å²) in [5, 5.41) is 24.0. The molecule has 1 amide bonds. The Morgan fingerprint density at radius 3 is 2.54 bits per heavy atom. The molecule has 6 aliphatic rings. The van der Waals surface area contributed by atoms with Gasteiger partial charge in [-0.25, -0.2) is 4.98 Å². The molecule has 8 heteroatoms. The molecule has 2 saturated heterocycles. The molecule has 3 heterocycles. The number of hydrogen-bond donors (Lipinski definition) is 2. The molecule has 2 aromatic rings. The Morgan fingerprint density at radius 2 is 1.74 bits per heavy atom. The second-order valence-corrected chi connectivity index (χ2v) is 17.1. The molecular weight excluding hydrogens is 624 g/mol. The van der Waals surface area contributed by atoms with Crippen LogP contribution < -0.4 is 0 Å². The van der Waals surface area contributed by atoms with Crippen molar-refractivity contribution in [2.24, 2.45) is 34.5 Å². The van der Waals surface area contributed by atoms with Gasteiger partial charge in [-0.2, -0.15) is 0 Å². The van der Waals surface area contributed by atoms with Crippen molar-refractivity contribution >= 4 is 22.6 Å². The quantitative estimate of drug-likeness (QED) is 0.252. The van der Waals surface area contributed by atoms with E-state index in [1.54, 1.807) is 18.3 Å². The average molecular weight is 679 g/mol. The first kappa shape index (κ1) is 33.9. The second-order valence-electron chi connectivity index (χ2n) is 17.1. The molecule has 1 unspecified atom stereocenters. The van der Waals surface area contributed by atoms with Gasteiger partial charge < -0.3 is 20.0 Å². The van der Waals surface area contributed by atoms with Crippen LogP contribution in [-0.4, -0.2) is 98.1 Å². The number of pyridine rings is 1. The van der Waals surface area contributed by atoms with Gasteiger partial charge in [-0.05, 0) is 105 Å². The minimum absolute atomic E-state index is 0.104. The second kappa shape index (κ2) is 12.8. The number of carbonyl (C=O) groups excluding carboxylic acids is 2. The molecular formula is C42H54N4O4. The third kappa shape index (κ3) is 5.42. The van der Waals surface area contributed by atoms with E-state index in [9.17, 15) is 19.8 Å². The van der Waals surface area contributed by atoms with Gasteiger partial charge in [-0.15, -0.1) is 6.42 Å². The average Bonchev–Trinajstić information content (AvgIpc) is 3.72. The van der Waals surface area contributed by atoms with E-state index in [4.69, 9.17) is 6.42 Å². The Hall–Kier alpha value is -3.25. The van der Waals surface area contributed by atoms with Gasteiger partial charge >= 0.3 is 0 Å². The fourth-order valence-electron chi connectivity index (χ4n) is 12.1. The van der Waals surface area contributed by atoms with Gasteiger partial charge in [0.05, 0.1) is 11.6 Å². The van der Waals surface area contributed by atoms with Crippen LogP contribution in [-0.2, 0) is 4.79 Å². The van der Waals surface area contributed by atoms with Crippen molar-refractivity contribution in [1.29, 1.82) is 0 Å². The standard InChI is InChI=1S/C42H54N4O4/c1-4-42(50)19-16-32-30-13-12-29-26-38(48)36(27-40(29,2)31(30)15-18-41(32,42)3)45-22-24-46(25-23-45)39(49)35-10-7-20-44(35)21-17-37(47)34-14-11-28-8-5-6-9-33(28)43-34/h1,5-6,8-9,11,14,17,21,29-32,35-36,38,48,50H,7,10,12-13,15-16,18-20,22-27H2,2-3H3/b21-17+/t29-,30+,31?,32-,35-,36-,38-,40-,41-,42-/m0/s1. The summed E-state index contributed by atoms with van der Waals surface area (Å²) >= 11 is 0. The van der Waals surface area contributed by atoms with Crippen LogP contribution in [0.4, 0.5) is 0 Å². The molecule has 266 valence electrons. The number of nitrogens with zero attached hydrogens (tertiary/aromatic N) is 4. The highest BCUT2D eigenvalue weighted by Crippen LogP contribution is 2.68. The number of aliphatic hydroxyl groups excluding tert-OH is 1. The third-order valence-electron chi connectivity index (χ3n) is 15.0. The molecule has 50 heavy (non-hydrogen) atoms. The van der Waals surface area contributed by atoms with E-state index in [1.807, 2.05) is 40.1 Å².